The van der Waals surface area contributed by atoms with Crippen molar-refractivity contribution in [2.45, 2.75) is 85.0 Å². The first-order chi connectivity index (χ1) is 14.8. The van der Waals surface area contributed by atoms with Crippen LogP contribution in [0.25, 0.3) is 0 Å². The molecule has 1 aromatic carbocycles. The van der Waals surface area contributed by atoms with Crippen LogP contribution in [0.15, 0.2) is 34.6 Å². The molecule has 2 fully saturated rings. The Morgan fingerprint density at radius 1 is 0.733 bits per heavy atom. The van der Waals surface area contributed by atoms with Crippen LogP contribution in [0, 0.1) is 0 Å². The minimum absolute atomic E-state index is 0.581. The van der Waals surface area contributed by atoms with Gasteiger partial charge in [-0.1, -0.05) is 73.5 Å². The highest BCUT2D eigenvalue weighted by Gasteiger charge is 2.21. The molecule has 3 aromatic rings. The number of benzene rings is 1. The van der Waals surface area contributed by atoms with Gasteiger partial charge in [-0.15, -0.1) is 10.2 Å². The Labute approximate surface area is 185 Å². The molecule has 2 heterocycles. The third-order valence-electron chi connectivity index (χ3n) is 6.18. The van der Waals surface area contributed by atoms with E-state index in [1.807, 2.05) is 0 Å². The number of aromatic amines is 2. The molecular weight excluding hydrogens is 412 g/mol. The van der Waals surface area contributed by atoms with E-state index in [1.165, 1.54) is 62.5 Å². The largest absolute Gasteiger partial charge is 0.262 e. The normalized spacial score (nSPS) is 17.9. The first-order valence-corrected chi connectivity index (χ1v) is 13.0. The number of hydrogen-bond acceptors (Lipinski definition) is 6. The van der Waals surface area contributed by atoms with Crippen LogP contribution in [0.3, 0.4) is 0 Å². The maximum Gasteiger partial charge on any atom is 0.208 e. The fraction of sp³-hybridized carbons (Fsp3) is 0.545. The Morgan fingerprint density at radius 2 is 1.20 bits per heavy atom. The van der Waals surface area contributed by atoms with E-state index in [9.17, 15) is 0 Å². The monoisotopic (exact) mass is 440 g/mol. The molecule has 0 radical (unpaired) electrons. The van der Waals surface area contributed by atoms with Crippen molar-refractivity contribution in [2.24, 2.45) is 0 Å². The van der Waals surface area contributed by atoms with Crippen LogP contribution in [0.2, 0.25) is 0 Å². The van der Waals surface area contributed by atoms with Gasteiger partial charge in [-0.2, -0.15) is 0 Å². The van der Waals surface area contributed by atoms with Gasteiger partial charge in [-0.25, -0.2) is 9.97 Å². The van der Waals surface area contributed by atoms with Gasteiger partial charge >= 0.3 is 0 Å². The second kappa shape index (κ2) is 9.56. The van der Waals surface area contributed by atoms with Gasteiger partial charge in [0, 0.05) is 23.3 Å². The maximum absolute atomic E-state index is 4.71. The number of nitrogens with zero attached hydrogens (tertiary/aromatic N) is 4. The van der Waals surface area contributed by atoms with Crippen LogP contribution >= 0.6 is 23.5 Å². The minimum Gasteiger partial charge on any atom is -0.262 e. The number of rotatable bonds is 8. The first-order valence-electron chi connectivity index (χ1n) is 11.0. The molecule has 0 spiro atoms. The Balaban J connectivity index is 1.14. The molecule has 0 atom stereocenters. The van der Waals surface area contributed by atoms with Crippen molar-refractivity contribution in [1.29, 1.82) is 0 Å². The summed E-state index contributed by atoms with van der Waals surface area (Å²) in [6, 6.07) is 8.76. The Morgan fingerprint density at radius 3 is 1.67 bits per heavy atom. The van der Waals surface area contributed by atoms with E-state index in [0.717, 1.165) is 33.5 Å². The van der Waals surface area contributed by atoms with Crippen molar-refractivity contribution < 1.29 is 0 Å². The van der Waals surface area contributed by atoms with E-state index in [0.29, 0.717) is 11.8 Å². The van der Waals surface area contributed by atoms with Crippen molar-refractivity contribution in [2.75, 3.05) is 0 Å². The van der Waals surface area contributed by atoms with Gasteiger partial charge in [0.05, 0.1) is 0 Å². The van der Waals surface area contributed by atoms with Crippen molar-refractivity contribution in [3.8, 4) is 0 Å². The second-order valence-corrected chi connectivity index (χ2v) is 10.3. The lowest BCUT2D eigenvalue weighted by molar-refractivity contribution is 0.671. The molecule has 8 heteroatoms. The lowest BCUT2D eigenvalue weighted by Gasteiger charge is -2.04. The predicted octanol–water partition coefficient (Wildman–Crippen LogP) is 5.82. The van der Waals surface area contributed by atoms with Crippen molar-refractivity contribution >= 4 is 23.5 Å². The molecule has 158 valence electrons. The Bertz CT molecular complexity index is 882. The highest BCUT2D eigenvalue weighted by molar-refractivity contribution is 7.98. The van der Waals surface area contributed by atoms with Crippen molar-refractivity contribution in [3.63, 3.8) is 0 Å². The molecule has 2 N–H and O–H groups in total. The molecule has 5 rings (SSSR count). The fourth-order valence-corrected chi connectivity index (χ4v) is 6.01. The molecule has 0 amide bonds. The SMILES string of the molecule is c1cc(CSc2n[nH]c(C3CCCC3)n2)cc(CSc2n[nH]c(C3CCCC3)n2)c1. The summed E-state index contributed by atoms with van der Waals surface area (Å²) in [6.45, 7) is 0. The van der Waals surface area contributed by atoms with Crippen LogP contribution in [0.5, 0.6) is 0 Å². The van der Waals surface area contributed by atoms with E-state index in [1.54, 1.807) is 23.5 Å². The predicted molar refractivity (Wildman–Crippen MR) is 121 cm³/mol. The van der Waals surface area contributed by atoms with Gasteiger partial charge < -0.3 is 0 Å². The van der Waals surface area contributed by atoms with Gasteiger partial charge in [-0.05, 0) is 36.8 Å². The zero-order valence-electron chi connectivity index (χ0n) is 17.1. The van der Waals surface area contributed by atoms with Gasteiger partial charge in [-0.3, -0.25) is 10.2 Å². The van der Waals surface area contributed by atoms with Gasteiger partial charge in [0.15, 0.2) is 0 Å². The molecule has 2 aliphatic carbocycles. The van der Waals surface area contributed by atoms with Crippen molar-refractivity contribution in [1.82, 2.24) is 30.4 Å². The maximum atomic E-state index is 4.71. The smallest absolute Gasteiger partial charge is 0.208 e. The number of nitrogens with one attached hydrogen (secondary N) is 2. The molecule has 2 saturated carbocycles. The van der Waals surface area contributed by atoms with E-state index < -0.39 is 0 Å². The second-order valence-electron chi connectivity index (χ2n) is 8.37. The fourth-order valence-electron chi connectivity index (χ4n) is 4.51. The summed E-state index contributed by atoms with van der Waals surface area (Å²) >= 11 is 3.41. The molecule has 0 bridgehead atoms. The average Bonchev–Trinajstić information content (AvgIpc) is 3.57. The zero-order chi connectivity index (χ0) is 20.2. The van der Waals surface area contributed by atoms with Crippen LogP contribution in [-0.2, 0) is 11.5 Å². The van der Waals surface area contributed by atoms with Gasteiger partial charge in [0.25, 0.3) is 0 Å². The molecule has 6 nitrogen and oxygen atoms in total. The van der Waals surface area contributed by atoms with Crippen LogP contribution in [-0.4, -0.2) is 30.4 Å². The Kier molecular flexibility index (Phi) is 6.41. The third-order valence-corrected chi connectivity index (χ3v) is 8.01. The summed E-state index contributed by atoms with van der Waals surface area (Å²) in [5.41, 5.74) is 2.60. The summed E-state index contributed by atoms with van der Waals surface area (Å²) in [6.07, 6.45) is 10.2. The lowest BCUT2D eigenvalue weighted by Crippen LogP contribution is -1.94. The van der Waals surface area contributed by atoms with Gasteiger partial charge in [0.2, 0.25) is 10.3 Å². The number of H-pyrrole nitrogens is 2. The van der Waals surface area contributed by atoms with Crippen LogP contribution in [0.4, 0.5) is 0 Å². The summed E-state index contributed by atoms with van der Waals surface area (Å²) in [5, 5.41) is 16.8. The first kappa shape index (κ1) is 20.1. The summed E-state index contributed by atoms with van der Waals surface area (Å²) in [5.74, 6) is 5.07. The zero-order valence-corrected chi connectivity index (χ0v) is 18.8. The highest BCUT2D eigenvalue weighted by atomic mass is 32.2. The standard InChI is InChI=1S/C22H28N6S2/c1-2-9-17(8-1)19-23-21(27-25-19)29-13-15-6-5-7-16(12-15)14-30-22-24-20(26-28-22)18-10-3-4-11-18/h5-7,12,17-18H,1-4,8-11,13-14H2,(H,23,25,27)(H,24,26,28). The van der Waals surface area contributed by atoms with E-state index in [2.05, 4.69) is 44.7 Å². The average molecular weight is 441 g/mol. The van der Waals surface area contributed by atoms with E-state index in [4.69, 9.17) is 9.97 Å². The highest BCUT2D eigenvalue weighted by Crippen LogP contribution is 2.34. The Hall–Kier alpha value is -1.80. The van der Waals surface area contributed by atoms with Crippen molar-refractivity contribution in [3.05, 3.63) is 47.0 Å². The number of thioether (sulfide) groups is 2. The molecule has 2 aromatic heterocycles. The molecule has 2 aliphatic rings. The summed E-state index contributed by atoms with van der Waals surface area (Å²) in [4.78, 5) is 9.43. The molecule has 0 unspecified atom stereocenters. The molecule has 0 aliphatic heterocycles. The van der Waals surface area contributed by atoms with Crippen LogP contribution in [0.1, 0.15) is 86.0 Å². The van der Waals surface area contributed by atoms with E-state index >= 15 is 0 Å². The van der Waals surface area contributed by atoms with Gasteiger partial charge in [0.1, 0.15) is 11.6 Å². The number of aromatic nitrogens is 6. The molecular formula is C22H28N6S2. The number of hydrogen-bond donors (Lipinski definition) is 2. The quantitative estimate of drug-likeness (QED) is 0.429. The summed E-state index contributed by atoms with van der Waals surface area (Å²) in [7, 11) is 0. The minimum atomic E-state index is 0.581. The molecule has 30 heavy (non-hydrogen) atoms. The summed E-state index contributed by atoms with van der Waals surface area (Å²) < 4.78 is 0. The van der Waals surface area contributed by atoms with E-state index in [-0.39, 0.29) is 0 Å². The lowest BCUT2D eigenvalue weighted by atomic mass is 10.1. The molecule has 0 saturated heterocycles. The van der Waals surface area contributed by atoms with Crippen LogP contribution < -0.4 is 0 Å². The topological polar surface area (TPSA) is 83.1 Å². The third kappa shape index (κ3) is 4.91.